The highest BCUT2D eigenvalue weighted by atomic mass is 79.9. The smallest absolute Gasteiger partial charge is 0.311 e. The molecule has 29 heavy (non-hydrogen) atoms. The number of hydrogen-bond acceptors (Lipinski definition) is 5. The van der Waals surface area contributed by atoms with Gasteiger partial charge in [-0.15, -0.1) is 0 Å². The first-order chi connectivity index (χ1) is 13.7. The fraction of sp³-hybridized carbons (Fsp3) is 0.286. The van der Waals surface area contributed by atoms with Gasteiger partial charge in [0.2, 0.25) is 6.10 Å². The Morgan fingerprint density at radius 2 is 1.97 bits per heavy atom. The molecule has 0 spiro atoms. The maximum atomic E-state index is 14.1. The van der Waals surface area contributed by atoms with Crippen LogP contribution in [0.3, 0.4) is 0 Å². The van der Waals surface area contributed by atoms with Crippen molar-refractivity contribution >= 4 is 37.8 Å². The Bertz CT molecular complexity index is 985. The molecule has 1 aromatic carbocycles. The zero-order valence-corrected chi connectivity index (χ0v) is 18.8. The highest BCUT2D eigenvalue weighted by Crippen LogP contribution is 2.60. The summed E-state index contributed by atoms with van der Waals surface area (Å²) in [5, 5.41) is 9.49. The number of hydrogen-bond donors (Lipinski definition) is 0. The molecule has 5 nitrogen and oxygen atoms in total. The Morgan fingerprint density at radius 3 is 2.59 bits per heavy atom. The van der Waals surface area contributed by atoms with Crippen molar-refractivity contribution in [2.75, 3.05) is 0 Å². The van der Waals surface area contributed by atoms with E-state index in [9.17, 15) is 14.4 Å². The topological polar surface area (TPSA) is 72.2 Å². The number of pyridine rings is 1. The van der Waals surface area contributed by atoms with Crippen LogP contribution in [0.25, 0.3) is 0 Å². The Kier molecular flexibility index (Phi) is 6.39. The second-order valence-electron chi connectivity index (χ2n) is 7.17. The van der Waals surface area contributed by atoms with E-state index in [1.165, 1.54) is 6.07 Å². The summed E-state index contributed by atoms with van der Waals surface area (Å²) < 4.78 is 25.7. The molecule has 1 saturated carbocycles. The first kappa shape index (κ1) is 21.5. The van der Waals surface area contributed by atoms with Crippen molar-refractivity contribution in [3.05, 3.63) is 63.4 Å². The molecule has 3 rings (SSSR count). The van der Waals surface area contributed by atoms with E-state index < -0.39 is 17.9 Å². The number of benzene rings is 1. The summed E-state index contributed by atoms with van der Waals surface area (Å²) in [7, 11) is 0. The van der Waals surface area contributed by atoms with Crippen LogP contribution in [-0.2, 0) is 9.53 Å². The molecule has 1 aromatic heterocycles. The third kappa shape index (κ3) is 4.85. The molecule has 2 aromatic rings. The van der Waals surface area contributed by atoms with Crippen LogP contribution >= 0.6 is 31.9 Å². The summed E-state index contributed by atoms with van der Waals surface area (Å²) in [5.41, 5.74) is -0.192. The third-order valence-electron chi connectivity index (χ3n) is 4.88. The summed E-state index contributed by atoms with van der Waals surface area (Å²) in [6, 6.07) is 12.9. The second kappa shape index (κ2) is 8.64. The standard InChI is InChI=1S/C21H17Br2FN2O3/c1-21(2)13(10-17(22)23)18(21)20(27)29-16(11-25)15-9-8-14(24)19(26-15)28-12-6-4-3-5-7-12/h3-10,13,16,18H,1-2H3. The number of ether oxygens (including phenoxy) is 2. The quantitative estimate of drug-likeness (QED) is 0.432. The van der Waals surface area contributed by atoms with Gasteiger partial charge in [-0.05, 0) is 67.5 Å². The van der Waals surface area contributed by atoms with Crippen molar-refractivity contribution in [2.24, 2.45) is 17.3 Å². The molecule has 1 aliphatic carbocycles. The largest absolute Gasteiger partial charge is 0.440 e. The van der Waals surface area contributed by atoms with Crippen LogP contribution in [0.5, 0.6) is 11.6 Å². The molecule has 1 heterocycles. The first-order valence-corrected chi connectivity index (χ1v) is 10.3. The molecule has 0 radical (unpaired) electrons. The van der Waals surface area contributed by atoms with Gasteiger partial charge in [0.05, 0.1) is 15.0 Å². The van der Waals surface area contributed by atoms with Crippen LogP contribution in [0.15, 0.2) is 51.9 Å². The fourth-order valence-corrected chi connectivity index (χ4v) is 3.74. The fourth-order valence-electron chi connectivity index (χ4n) is 3.17. The number of aromatic nitrogens is 1. The van der Waals surface area contributed by atoms with Gasteiger partial charge >= 0.3 is 5.97 Å². The predicted octanol–water partition coefficient (Wildman–Crippen LogP) is 6.02. The maximum Gasteiger partial charge on any atom is 0.311 e. The van der Waals surface area contributed by atoms with Crippen molar-refractivity contribution in [2.45, 2.75) is 20.0 Å². The minimum Gasteiger partial charge on any atom is -0.440 e. The summed E-state index contributed by atoms with van der Waals surface area (Å²) in [6.07, 6.45) is 0.615. The number of nitriles is 1. The molecule has 150 valence electrons. The molecule has 0 bridgehead atoms. The van der Waals surface area contributed by atoms with Crippen LogP contribution in [0.1, 0.15) is 25.6 Å². The van der Waals surface area contributed by atoms with Gasteiger partial charge in [-0.3, -0.25) is 4.79 Å². The van der Waals surface area contributed by atoms with Crippen LogP contribution in [0.2, 0.25) is 0 Å². The zero-order chi connectivity index (χ0) is 21.2. The third-order valence-corrected chi connectivity index (χ3v) is 5.41. The normalized spacial score (nSPS) is 20.1. The van der Waals surface area contributed by atoms with E-state index in [4.69, 9.17) is 9.47 Å². The first-order valence-electron chi connectivity index (χ1n) is 8.76. The van der Waals surface area contributed by atoms with Crippen LogP contribution in [-0.4, -0.2) is 11.0 Å². The number of nitrogens with zero attached hydrogens (tertiary/aromatic N) is 2. The molecule has 8 heteroatoms. The monoisotopic (exact) mass is 522 g/mol. The second-order valence-corrected chi connectivity index (χ2v) is 9.94. The molecule has 0 N–H and O–H groups in total. The van der Waals surface area contributed by atoms with Gasteiger partial charge in [-0.2, -0.15) is 5.26 Å². The number of esters is 1. The number of para-hydroxylation sites is 1. The lowest BCUT2D eigenvalue weighted by Gasteiger charge is -2.13. The van der Waals surface area contributed by atoms with E-state index in [0.29, 0.717) is 5.75 Å². The van der Waals surface area contributed by atoms with Crippen molar-refractivity contribution in [1.82, 2.24) is 4.98 Å². The lowest BCUT2D eigenvalue weighted by molar-refractivity contribution is -0.149. The van der Waals surface area contributed by atoms with Crippen LogP contribution < -0.4 is 4.74 Å². The van der Waals surface area contributed by atoms with Gasteiger partial charge in [-0.25, -0.2) is 9.37 Å². The molecular weight excluding hydrogens is 507 g/mol. The number of allylic oxidation sites excluding steroid dienone is 1. The summed E-state index contributed by atoms with van der Waals surface area (Å²) in [6.45, 7) is 3.90. The Labute approximate surface area is 184 Å². The molecule has 3 atom stereocenters. The van der Waals surface area contributed by atoms with E-state index >= 15 is 0 Å². The lowest BCUT2D eigenvalue weighted by Crippen LogP contribution is -2.15. The minimum absolute atomic E-state index is 0.0266. The molecule has 1 fully saturated rings. The maximum absolute atomic E-state index is 14.1. The van der Waals surface area contributed by atoms with Gasteiger partial charge in [0.15, 0.2) is 5.82 Å². The highest BCUT2D eigenvalue weighted by molar-refractivity contribution is 9.28. The van der Waals surface area contributed by atoms with E-state index in [2.05, 4.69) is 36.8 Å². The van der Waals surface area contributed by atoms with E-state index in [-0.39, 0.29) is 28.8 Å². The Morgan fingerprint density at radius 1 is 1.28 bits per heavy atom. The SMILES string of the molecule is CC1(C)C(C=C(Br)Br)C1C(=O)OC(C#N)c1ccc(F)c(Oc2ccccc2)n1. The van der Waals surface area contributed by atoms with Gasteiger partial charge < -0.3 is 9.47 Å². The van der Waals surface area contributed by atoms with E-state index in [1.807, 2.05) is 26.0 Å². The molecule has 3 unspecified atom stereocenters. The van der Waals surface area contributed by atoms with E-state index in [1.54, 1.807) is 30.3 Å². The van der Waals surface area contributed by atoms with Gasteiger partial charge in [0.1, 0.15) is 11.8 Å². The molecule has 0 saturated heterocycles. The molecule has 0 aliphatic heterocycles. The van der Waals surface area contributed by atoms with Gasteiger partial charge in [0.25, 0.3) is 5.88 Å². The minimum atomic E-state index is -1.27. The zero-order valence-electron chi connectivity index (χ0n) is 15.6. The van der Waals surface area contributed by atoms with Gasteiger partial charge in [-0.1, -0.05) is 38.1 Å². The van der Waals surface area contributed by atoms with E-state index in [0.717, 1.165) is 9.46 Å². The van der Waals surface area contributed by atoms with Crippen LogP contribution in [0.4, 0.5) is 4.39 Å². The van der Waals surface area contributed by atoms with Crippen molar-refractivity contribution in [1.29, 1.82) is 5.26 Å². The van der Waals surface area contributed by atoms with Crippen LogP contribution in [0, 0.1) is 34.4 Å². The predicted molar refractivity (Wildman–Crippen MR) is 112 cm³/mol. The number of rotatable bonds is 6. The van der Waals surface area contributed by atoms with Crippen molar-refractivity contribution < 1.29 is 18.7 Å². The Balaban J connectivity index is 1.77. The lowest BCUT2D eigenvalue weighted by atomic mass is 10.1. The summed E-state index contributed by atoms with van der Waals surface area (Å²) >= 11 is 6.60. The van der Waals surface area contributed by atoms with Crippen molar-refractivity contribution in [3.8, 4) is 17.7 Å². The average Bonchev–Trinajstić information content (AvgIpc) is 3.21. The molecular formula is C21H17Br2FN2O3. The van der Waals surface area contributed by atoms with Crippen molar-refractivity contribution in [3.63, 3.8) is 0 Å². The average molecular weight is 524 g/mol. The van der Waals surface area contributed by atoms with Gasteiger partial charge in [0, 0.05) is 0 Å². The molecule has 1 aliphatic rings. The number of halogens is 3. The summed E-state index contributed by atoms with van der Waals surface area (Å²) in [4.78, 5) is 16.7. The Hall–Kier alpha value is -2.24. The molecule has 0 amide bonds. The summed E-state index contributed by atoms with van der Waals surface area (Å²) in [5.74, 6) is -1.49. The highest BCUT2D eigenvalue weighted by Gasteiger charge is 2.61. The number of carbonyl (C=O) groups is 1. The number of carbonyl (C=O) groups excluding carboxylic acids is 1.